The molecule has 0 bridgehead atoms. The molecule has 2 N–H and O–H groups in total. The first-order valence-corrected chi connectivity index (χ1v) is 13.2. The zero-order chi connectivity index (χ0) is 25.7. The molecule has 0 spiro atoms. The maximum atomic E-state index is 12.5. The lowest BCUT2D eigenvalue weighted by molar-refractivity contribution is -0.118. The van der Waals surface area contributed by atoms with Crippen LogP contribution in [0.5, 0.6) is 11.5 Å². The van der Waals surface area contributed by atoms with Gasteiger partial charge in [-0.05, 0) is 59.3 Å². The van der Waals surface area contributed by atoms with Gasteiger partial charge in [-0.15, -0.1) is 10.2 Å². The second kappa shape index (κ2) is 11.7. The van der Waals surface area contributed by atoms with Crippen molar-refractivity contribution in [2.75, 3.05) is 12.9 Å². The summed E-state index contributed by atoms with van der Waals surface area (Å²) in [5, 5.41) is 23.4. The summed E-state index contributed by atoms with van der Waals surface area (Å²) in [6.07, 6.45) is 1.38. The number of aryl methyl sites for hydroxylation is 1. The number of methoxy groups -OCH3 is 1. The van der Waals surface area contributed by atoms with Crippen LogP contribution in [0.4, 0.5) is 0 Å². The number of carbonyl (C=O) groups is 1. The van der Waals surface area contributed by atoms with Crippen LogP contribution in [-0.4, -0.2) is 44.9 Å². The molecule has 36 heavy (non-hydrogen) atoms. The van der Waals surface area contributed by atoms with Crippen LogP contribution in [-0.2, 0) is 4.79 Å². The van der Waals surface area contributed by atoms with Crippen LogP contribution < -0.4 is 10.2 Å². The summed E-state index contributed by atoms with van der Waals surface area (Å²) in [6.45, 7) is 2.02. The summed E-state index contributed by atoms with van der Waals surface area (Å²) in [7, 11) is 1.62. The number of nitrogens with one attached hydrogen (secondary N) is 1. The zero-order valence-corrected chi connectivity index (χ0v) is 23.3. The molecule has 0 fully saturated rings. The van der Waals surface area contributed by atoms with Gasteiger partial charge in [-0.3, -0.25) is 9.36 Å². The summed E-state index contributed by atoms with van der Waals surface area (Å²) in [4.78, 5) is 12.5. The Hall–Kier alpha value is -3.15. The number of halogens is 2. The van der Waals surface area contributed by atoms with E-state index in [2.05, 4.69) is 52.6 Å². The van der Waals surface area contributed by atoms with E-state index in [-0.39, 0.29) is 17.4 Å². The number of aromatic hydroxyl groups is 1. The SMILES string of the molecule is COc1ccc(-n2c(SCC(=O)N/N=C/c3cc(Br)cc(Br)c3O)nnc2-c2ccc(C)cc2)cc1. The van der Waals surface area contributed by atoms with E-state index in [1.165, 1.54) is 18.0 Å². The standard InChI is InChI=1S/C25H21Br2N5O3S/c1-15-3-5-16(6-4-15)24-30-31-25(32(24)19-7-9-20(35-2)10-8-19)36-14-22(33)29-28-13-17-11-18(26)12-21(27)23(17)34/h3-13,34H,14H2,1-2H3,(H,29,33)/b28-13+. The number of aromatic nitrogens is 3. The highest BCUT2D eigenvalue weighted by molar-refractivity contribution is 9.11. The largest absolute Gasteiger partial charge is 0.506 e. The van der Waals surface area contributed by atoms with E-state index >= 15 is 0 Å². The van der Waals surface area contributed by atoms with Crippen LogP contribution in [0.2, 0.25) is 0 Å². The number of ether oxygens (including phenoxy) is 1. The smallest absolute Gasteiger partial charge is 0.250 e. The summed E-state index contributed by atoms with van der Waals surface area (Å²) >= 11 is 7.87. The quantitative estimate of drug-likeness (QED) is 0.147. The molecule has 1 amide bonds. The Bertz CT molecular complexity index is 1410. The summed E-state index contributed by atoms with van der Waals surface area (Å²) in [6, 6.07) is 19.0. The van der Waals surface area contributed by atoms with E-state index in [9.17, 15) is 9.90 Å². The number of hydrogen-bond donors (Lipinski definition) is 2. The molecule has 1 aromatic heterocycles. The third kappa shape index (κ3) is 6.15. The molecule has 0 radical (unpaired) electrons. The van der Waals surface area contributed by atoms with Crippen LogP contribution in [0.25, 0.3) is 17.1 Å². The van der Waals surface area contributed by atoms with E-state index in [0.29, 0.717) is 21.0 Å². The minimum atomic E-state index is -0.328. The highest BCUT2D eigenvalue weighted by Crippen LogP contribution is 2.31. The highest BCUT2D eigenvalue weighted by atomic mass is 79.9. The van der Waals surface area contributed by atoms with Gasteiger partial charge in [-0.25, -0.2) is 5.43 Å². The van der Waals surface area contributed by atoms with Crippen LogP contribution in [0.3, 0.4) is 0 Å². The second-order valence-corrected chi connectivity index (χ2v) is 10.3. The maximum Gasteiger partial charge on any atom is 0.250 e. The first-order valence-electron chi connectivity index (χ1n) is 10.7. The number of phenolic OH excluding ortho intramolecular Hbond substituents is 1. The third-order valence-electron chi connectivity index (χ3n) is 5.06. The van der Waals surface area contributed by atoms with Gasteiger partial charge in [0.2, 0.25) is 0 Å². The Kier molecular flexibility index (Phi) is 8.44. The van der Waals surface area contributed by atoms with E-state index in [4.69, 9.17) is 4.74 Å². The lowest BCUT2D eigenvalue weighted by Crippen LogP contribution is -2.20. The molecule has 8 nitrogen and oxygen atoms in total. The lowest BCUT2D eigenvalue weighted by atomic mass is 10.1. The maximum absolute atomic E-state index is 12.5. The van der Waals surface area contributed by atoms with Crippen molar-refractivity contribution in [2.24, 2.45) is 5.10 Å². The number of benzene rings is 3. The van der Waals surface area contributed by atoms with Gasteiger partial charge in [0.15, 0.2) is 11.0 Å². The van der Waals surface area contributed by atoms with Crippen LogP contribution >= 0.6 is 43.6 Å². The Morgan fingerprint density at radius 3 is 2.56 bits per heavy atom. The summed E-state index contributed by atoms with van der Waals surface area (Å²) in [5.41, 5.74) is 5.82. The fraction of sp³-hybridized carbons (Fsp3) is 0.120. The molecule has 1 heterocycles. The molecule has 0 saturated heterocycles. The van der Waals surface area contributed by atoms with Crippen molar-refractivity contribution in [2.45, 2.75) is 12.1 Å². The molecule has 0 atom stereocenters. The van der Waals surface area contributed by atoms with Crippen molar-refractivity contribution in [3.05, 3.63) is 80.7 Å². The van der Waals surface area contributed by atoms with Crippen LogP contribution in [0, 0.1) is 6.92 Å². The minimum absolute atomic E-state index is 0.0294. The molecular formula is C25H21Br2N5O3S. The van der Waals surface area contributed by atoms with E-state index < -0.39 is 0 Å². The van der Waals surface area contributed by atoms with Crippen molar-refractivity contribution >= 4 is 55.7 Å². The van der Waals surface area contributed by atoms with Crippen LogP contribution in [0.1, 0.15) is 11.1 Å². The van der Waals surface area contributed by atoms with Gasteiger partial charge in [0.1, 0.15) is 11.5 Å². The van der Waals surface area contributed by atoms with Crippen molar-refractivity contribution in [3.8, 4) is 28.6 Å². The molecule has 4 rings (SSSR count). The molecule has 0 aliphatic rings. The minimum Gasteiger partial charge on any atom is -0.506 e. The van der Waals surface area contributed by atoms with E-state index in [1.54, 1.807) is 19.2 Å². The van der Waals surface area contributed by atoms with Crippen molar-refractivity contribution < 1.29 is 14.6 Å². The molecule has 0 unspecified atom stereocenters. The molecule has 0 aliphatic carbocycles. The van der Waals surface area contributed by atoms with Gasteiger partial charge < -0.3 is 9.84 Å². The number of hydrazone groups is 1. The first-order chi connectivity index (χ1) is 17.4. The van der Waals surface area contributed by atoms with Crippen molar-refractivity contribution in [3.63, 3.8) is 0 Å². The molecule has 184 valence electrons. The number of phenols is 1. The fourth-order valence-electron chi connectivity index (χ4n) is 3.24. The van der Waals surface area contributed by atoms with E-state index in [0.717, 1.165) is 27.0 Å². The number of nitrogens with zero attached hydrogens (tertiary/aromatic N) is 4. The predicted octanol–water partition coefficient (Wildman–Crippen LogP) is 5.72. The van der Waals surface area contributed by atoms with Crippen LogP contribution in [0.15, 0.2) is 79.9 Å². The average Bonchev–Trinajstić information content (AvgIpc) is 3.30. The Morgan fingerprint density at radius 2 is 1.86 bits per heavy atom. The number of hydrogen-bond acceptors (Lipinski definition) is 7. The van der Waals surface area contributed by atoms with Crippen molar-refractivity contribution in [1.82, 2.24) is 20.2 Å². The first kappa shape index (κ1) is 25.9. The molecule has 11 heteroatoms. The molecular weight excluding hydrogens is 610 g/mol. The molecule has 0 aliphatic heterocycles. The van der Waals surface area contributed by atoms with Crippen molar-refractivity contribution in [1.29, 1.82) is 0 Å². The normalized spacial score (nSPS) is 11.1. The predicted molar refractivity (Wildman–Crippen MR) is 148 cm³/mol. The number of amides is 1. The number of rotatable bonds is 8. The summed E-state index contributed by atoms with van der Waals surface area (Å²) < 4.78 is 8.46. The van der Waals surface area contributed by atoms with Gasteiger partial charge in [-0.2, -0.15) is 5.10 Å². The third-order valence-corrected chi connectivity index (χ3v) is 7.05. The van der Waals surface area contributed by atoms with Gasteiger partial charge in [0, 0.05) is 21.3 Å². The zero-order valence-electron chi connectivity index (χ0n) is 19.3. The number of carbonyl (C=O) groups excluding carboxylic acids is 1. The fourth-order valence-corrected chi connectivity index (χ4v) is 5.24. The monoisotopic (exact) mass is 629 g/mol. The lowest BCUT2D eigenvalue weighted by Gasteiger charge is -2.11. The highest BCUT2D eigenvalue weighted by Gasteiger charge is 2.17. The molecule has 3 aromatic carbocycles. The Morgan fingerprint density at radius 1 is 1.14 bits per heavy atom. The van der Waals surface area contributed by atoms with E-state index in [1.807, 2.05) is 60.0 Å². The molecule has 4 aromatic rings. The average molecular weight is 631 g/mol. The number of thioether (sulfide) groups is 1. The van der Waals surface area contributed by atoms with Gasteiger partial charge in [-0.1, -0.05) is 57.5 Å². The Balaban J connectivity index is 1.52. The molecule has 0 saturated carbocycles. The topological polar surface area (TPSA) is 102 Å². The Labute approximate surface area is 229 Å². The second-order valence-electron chi connectivity index (χ2n) is 7.61. The van der Waals surface area contributed by atoms with Gasteiger partial charge >= 0.3 is 0 Å². The van der Waals surface area contributed by atoms with Gasteiger partial charge in [0.25, 0.3) is 5.91 Å². The van der Waals surface area contributed by atoms with Gasteiger partial charge in [0.05, 0.1) is 23.5 Å². The summed E-state index contributed by atoms with van der Waals surface area (Å²) in [5.74, 6) is 1.16.